The van der Waals surface area contributed by atoms with Gasteiger partial charge in [0.15, 0.2) is 0 Å². The number of hydrogen-bond donors (Lipinski definition) is 2. The molecular formula is C14H14ClN3O. The van der Waals surface area contributed by atoms with Crippen LogP contribution in [-0.2, 0) is 0 Å². The zero-order chi connectivity index (χ0) is 13.7. The number of ether oxygens (including phenoxy) is 1. The van der Waals surface area contributed by atoms with Gasteiger partial charge >= 0.3 is 0 Å². The topological polar surface area (TPSA) is 58.0 Å². The third-order valence-corrected chi connectivity index (χ3v) is 2.69. The molecule has 0 fully saturated rings. The largest absolute Gasteiger partial charge is 0.477 e. The van der Waals surface area contributed by atoms with Crippen LogP contribution < -0.4 is 10.1 Å². The van der Waals surface area contributed by atoms with Crippen molar-refractivity contribution in [1.29, 1.82) is 5.41 Å². The molecule has 0 bridgehead atoms. The first kappa shape index (κ1) is 13.4. The van der Waals surface area contributed by atoms with Crippen molar-refractivity contribution in [1.82, 2.24) is 4.98 Å². The third kappa shape index (κ3) is 3.45. The number of amidine groups is 1. The SMILES string of the molecule is CCOc1ncccc1C(=N)Nc1ccc(Cl)cc1. The average Bonchev–Trinajstić information content (AvgIpc) is 2.42. The van der Waals surface area contributed by atoms with Gasteiger partial charge in [0.05, 0.1) is 12.2 Å². The summed E-state index contributed by atoms with van der Waals surface area (Å²) in [5.74, 6) is 0.690. The van der Waals surface area contributed by atoms with Crippen LogP contribution in [0, 0.1) is 5.41 Å². The summed E-state index contributed by atoms with van der Waals surface area (Å²) in [7, 11) is 0. The highest BCUT2D eigenvalue weighted by Crippen LogP contribution is 2.18. The van der Waals surface area contributed by atoms with Crippen molar-refractivity contribution in [2.45, 2.75) is 6.92 Å². The smallest absolute Gasteiger partial charge is 0.224 e. The first-order chi connectivity index (χ1) is 9.20. The maximum atomic E-state index is 8.08. The van der Waals surface area contributed by atoms with Crippen LogP contribution in [0.25, 0.3) is 0 Å². The second-order valence-electron chi connectivity index (χ2n) is 3.80. The molecule has 1 heterocycles. The Morgan fingerprint density at radius 3 is 2.74 bits per heavy atom. The lowest BCUT2D eigenvalue weighted by Crippen LogP contribution is -2.14. The van der Waals surface area contributed by atoms with Gasteiger partial charge in [0.2, 0.25) is 5.88 Å². The van der Waals surface area contributed by atoms with E-state index in [4.69, 9.17) is 21.7 Å². The number of aromatic nitrogens is 1. The van der Waals surface area contributed by atoms with Crippen molar-refractivity contribution in [3.05, 3.63) is 53.2 Å². The Hall–Kier alpha value is -2.07. The van der Waals surface area contributed by atoms with Crippen LogP contribution in [0.1, 0.15) is 12.5 Å². The molecule has 0 unspecified atom stereocenters. The van der Waals surface area contributed by atoms with Gasteiger partial charge in [0.1, 0.15) is 5.84 Å². The van der Waals surface area contributed by atoms with Crippen LogP contribution in [0.3, 0.4) is 0 Å². The molecule has 0 spiro atoms. The van der Waals surface area contributed by atoms with Crippen LogP contribution in [0.15, 0.2) is 42.6 Å². The van der Waals surface area contributed by atoms with Gasteiger partial charge in [-0.2, -0.15) is 0 Å². The number of nitrogens with one attached hydrogen (secondary N) is 2. The summed E-state index contributed by atoms with van der Waals surface area (Å²) in [6.45, 7) is 2.40. The van der Waals surface area contributed by atoms with Crippen LogP contribution in [0.5, 0.6) is 5.88 Å². The van der Waals surface area contributed by atoms with E-state index in [0.29, 0.717) is 23.1 Å². The lowest BCUT2D eigenvalue weighted by atomic mass is 10.2. The molecule has 98 valence electrons. The molecular weight excluding hydrogens is 262 g/mol. The van der Waals surface area contributed by atoms with E-state index < -0.39 is 0 Å². The van der Waals surface area contributed by atoms with Gasteiger partial charge in [-0.3, -0.25) is 5.41 Å². The van der Waals surface area contributed by atoms with Crippen molar-refractivity contribution in [2.75, 3.05) is 11.9 Å². The molecule has 19 heavy (non-hydrogen) atoms. The Bertz CT molecular complexity index is 569. The molecule has 1 aromatic carbocycles. The fraction of sp³-hybridized carbons (Fsp3) is 0.143. The van der Waals surface area contributed by atoms with E-state index in [1.807, 2.05) is 19.1 Å². The minimum Gasteiger partial charge on any atom is -0.477 e. The van der Waals surface area contributed by atoms with Gasteiger partial charge in [-0.1, -0.05) is 11.6 Å². The molecule has 0 saturated carbocycles. The van der Waals surface area contributed by atoms with Gasteiger partial charge in [0.25, 0.3) is 0 Å². The molecule has 0 amide bonds. The fourth-order valence-corrected chi connectivity index (χ4v) is 1.70. The van der Waals surface area contributed by atoms with Crippen LogP contribution >= 0.6 is 11.6 Å². The Balaban J connectivity index is 2.18. The third-order valence-electron chi connectivity index (χ3n) is 2.44. The normalized spacial score (nSPS) is 10.0. The van der Waals surface area contributed by atoms with E-state index in [1.54, 1.807) is 30.5 Å². The number of pyridine rings is 1. The quantitative estimate of drug-likeness (QED) is 0.662. The van der Waals surface area contributed by atoms with Gasteiger partial charge in [0, 0.05) is 16.9 Å². The first-order valence-electron chi connectivity index (χ1n) is 5.90. The molecule has 4 nitrogen and oxygen atoms in total. The van der Waals surface area contributed by atoms with Gasteiger partial charge in [-0.25, -0.2) is 4.98 Å². The highest BCUT2D eigenvalue weighted by atomic mass is 35.5. The zero-order valence-corrected chi connectivity index (χ0v) is 11.2. The number of benzene rings is 1. The number of rotatable bonds is 4. The maximum absolute atomic E-state index is 8.08. The Kier molecular flexibility index (Phi) is 4.36. The molecule has 0 aliphatic heterocycles. The van der Waals surface area contributed by atoms with E-state index in [2.05, 4.69) is 10.3 Å². The van der Waals surface area contributed by atoms with Crippen LogP contribution in [-0.4, -0.2) is 17.4 Å². The fourth-order valence-electron chi connectivity index (χ4n) is 1.58. The number of hydrogen-bond acceptors (Lipinski definition) is 3. The predicted octanol–water partition coefficient (Wildman–Crippen LogP) is 3.57. The molecule has 0 aliphatic rings. The molecule has 0 radical (unpaired) electrons. The number of halogens is 1. The highest BCUT2D eigenvalue weighted by Gasteiger charge is 2.09. The maximum Gasteiger partial charge on any atom is 0.224 e. The number of nitrogens with zero attached hydrogens (tertiary/aromatic N) is 1. The second-order valence-corrected chi connectivity index (χ2v) is 4.23. The molecule has 0 saturated heterocycles. The minimum atomic E-state index is 0.235. The van der Waals surface area contributed by atoms with Gasteiger partial charge < -0.3 is 10.1 Å². The molecule has 1 aromatic heterocycles. The van der Waals surface area contributed by atoms with E-state index in [9.17, 15) is 0 Å². The van der Waals surface area contributed by atoms with Crippen molar-refractivity contribution in [3.8, 4) is 5.88 Å². The summed E-state index contributed by atoms with van der Waals surface area (Å²) in [5.41, 5.74) is 1.42. The Morgan fingerprint density at radius 1 is 1.32 bits per heavy atom. The lowest BCUT2D eigenvalue weighted by molar-refractivity contribution is 0.326. The molecule has 0 aliphatic carbocycles. The highest BCUT2D eigenvalue weighted by molar-refractivity contribution is 6.30. The van der Waals surface area contributed by atoms with E-state index >= 15 is 0 Å². The van der Waals surface area contributed by atoms with Crippen molar-refractivity contribution in [3.63, 3.8) is 0 Å². The number of anilines is 1. The summed E-state index contributed by atoms with van der Waals surface area (Å²) in [6, 6.07) is 10.7. The van der Waals surface area contributed by atoms with Crippen LogP contribution in [0.2, 0.25) is 5.02 Å². The summed E-state index contributed by atoms with van der Waals surface area (Å²) in [6.07, 6.45) is 1.64. The van der Waals surface area contributed by atoms with Crippen LogP contribution in [0.4, 0.5) is 5.69 Å². The summed E-state index contributed by atoms with van der Waals surface area (Å²) < 4.78 is 5.40. The average molecular weight is 276 g/mol. The standard InChI is InChI=1S/C14H14ClN3O/c1-2-19-14-12(4-3-9-17-14)13(16)18-11-7-5-10(15)6-8-11/h3-9H,2H2,1H3,(H2,16,18). The zero-order valence-electron chi connectivity index (χ0n) is 10.5. The molecule has 2 rings (SSSR count). The van der Waals surface area contributed by atoms with Crippen molar-refractivity contribution in [2.24, 2.45) is 0 Å². The minimum absolute atomic E-state index is 0.235. The van der Waals surface area contributed by atoms with Gasteiger partial charge in [-0.15, -0.1) is 0 Å². The summed E-state index contributed by atoms with van der Waals surface area (Å²) >= 11 is 5.82. The monoisotopic (exact) mass is 275 g/mol. The molecule has 5 heteroatoms. The van der Waals surface area contributed by atoms with Crippen molar-refractivity contribution >= 4 is 23.1 Å². The Labute approximate surface area is 116 Å². The van der Waals surface area contributed by atoms with Gasteiger partial charge in [-0.05, 0) is 43.3 Å². The summed E-state index contributed by atoms with van der Waals surface area (Å²) in [4.78, 5) is 4.12. The second kappa shape index (κ2) is 6.20. The Morgan fingerprint density at radius 2 is 2.05 bits per heavy atom. The van der Waals surface area contributed by atoms with E-state index in [1.165, 1.54) is 0 Å². The molecule has 0 atom stereocenters. The molecule has 2 aromatic rings. The lowest BCUT2D eigenvalue weighted by Gasteiger charge is -2.11. The van der Waals surface area contributed by atoms with Crippen molar-refractivity contribution < 1.29 is 4.74 Å². The molecule has 2 N–H and O–H groups in total. The first-order valence-corrected chi connectivity index (χ1v) is 6.28. The summed E-state index contributed by atoms with van der Waals surface area (Å²) in [5, 5.41) is 11.7. The predicted molar refractivity (Wildman–Crippen MR) is 77.3 cm³/mol. The van der Waals surface area contributed by atoms with E-state index in [-0.39, 0.29) is 5.84 Å². The van der Waals surface area contributed by atoms with E-state index in [0.717, 1.165) is 5.69 Å².